The van der Waals surface area contributed by atoms with Crippen LogP contribution in [0.25, 0.3) is 0 Å². The molecule has 5 nitrogen and oxygen atoms in total. The molecule has 84 valence electrons. The molecule has 2 aliphatic heterocycles. The van der Waals surface area contributed by atoms with Crippen molar-refractivity contribution in [3.63, 3.8) is 0 Å². The topological polar surface area (TPSA) is 60.9 Å². The van der Waals surface area contributed by atoms with E-state index in [1.165, 1.54) is 4.90 Å². The molecule has 1 atom stereocenters. The lowest BCUT2D eigenvalue weighted by Crippen LogP contribution is -2.49. The third-order valence-corrected chi connectivity index (χ3v) is 3.22. The first-order chi connectivity index (χ1) is 7.18. The van der Waals surface area contributed by atoms with Crippen LogP contribution in [0.5, 0.6) is 0 Å². The van der Waals surface area contributed by atoms with E-state index in [1.54, 1.807) is 0 Å². The maximum Gasteiger partial charge on any atom is 0.407 e. The Labute approximate surface area is 88.6 Å². The van der Waals surface area contributed by atoms with Gasteiger partial charge in [0.15, 0.2) is 0 Å². The van der Waals surface area contributed by atoms with Crippen molar-refractivity contribution in [1.82, 2.24) is 9.80 Å². The minimum atomic E-state index is -0.869. The molecular weight excluding hydrogens is 196 g/mol. The third kappa shape index (κ3) is 2.06. The number of hydrogen-bond acceptors (Lipinski definition) is 2. The van der Waals surface area contributed by atoms with Gasteiger partial charge in [0.05, 0.1) is 0 Å². The largest absolute Gasteiger partial charge is 0.465 e. The molecule has 2 heterocycles. The summed E-state index contributed by atoms with van der Waals surface area (Å²) < 4.78 is 0. The fourth-order valence-corrected chi connectivity index (χ4v) is 2.44. The second kappa shape index (κ2) is 4.08. The maximum absolute atomic E-state index is 11.5. The summed E-state index contributed by atoms with van der Waals surface area (Å²) in [5.41, 5.74) is 0. The number of carbonyl (C=O) groups is 2. The van der Waals surface area contributed by atoms with Crippen molar-refractivity contribution in [3.8, 4) is 0 Å². The smallest absolute Gasteiger partial charge is 0.407 e. The van der Waals surface area contributed by atoms with Gasteiger partial charge in [-0.1, -0.05) is 0 Å². The van der Waals surface area contributed by atoms with E-state index in [1.807, 2.05) is 4.90 Å². The molecule has 0 aliphatic carbocycles. The van der Waals surface area contributed by atoms with E-state index in [0.717, 1.165) is 25.8 Å². The summed E-state index contributed by atoms with van der Waals surface area (Å²) in [5, 5.41) is 8.89. The summed E-state index contributed by atoms with van der Waals surface area (Å²) in [4.78, 5) is 25.6. The van der Waals surface area contributed by atoms with Crippen LogP contribution in [-0.4, -0.2) is 52.6 Å². The number of amides is 2. The predicted octanol–water partition coefficient (Wildman–Crippen LogP) is 0.751. The second-order valence-electron chi connectivity index (χ2n) is 4.22. The summed E-state index contributed by atoms with van der Waals surface area (Å²) in [6, 6.07) is 0.116. The van der Waals surface area contributed by atoms with E-state index in [9.17, 15) is 9.59 Å². The fraction of sp³-hybridized carbons (Fsp3) is 0.800. The average Bonchev–Trinajstić information content (AvgIpc) is 2.64. The molecule has 0 bridgehead atoms. The molecule has 0 saturated carbocycles. The SMILES string of the molecule is O=C(O)N1CCC[C@@H](N2CCCC2=O)C1. The average molecular weight is 212 g/mol. The van der Waals surface area contributed by atoms with Gasteiger partial charge in [0, 0.05) is 32.1 Å². The molecule has 0 unspecified atom stereocenters. The van der Waals surface area contributed by atoms with Gasteiger partial charge in [-0.05, 0) is 19.3 Å². The zero-order valence-electron chi connectivity index (χ0n) is 8.69. The Hall–Kier alpha value is -1.26. The molecule has 2 amide bonds. The van der Waals surface area contributed by atoms with E-state index < -0.39 is 6.09 Å². The molecule has 0 aromatic heterocycles. The minimum Gasteiger partial charge on any atom is -0.465 e. The number of carboxylic acid groups (broad SMARTS) is 1. The molecular formula is C10H16N2O3. The number of rotatable bonds is 1. The van der Waals surface area contributed by atoms with Gasteiger partial charge in [0.25, 0.3) is 0 Å². The molecule has 15 heavy (non-hydrogen) atoms. The Morgan fingerprint density at radius 3 is 2.73 bits per heavy atom. The van der Waals surface area contributed by atoms with Crippen molar-refractivity contribution in [2.24, 2.45) is 0 Å². The van der Waals surface area contributed by atoms with Gasteiger partial charge >= 0.3 is 6.09 Å². The summed E-state index contributed by atoms with van der Waals surface area (Å²) in [7, 11) is 0. The quantitative estimate of drug-likeness (QED) is 0.697. The first kappa shape index (κ1) is 10.3. The zero-order valence-corrected chi connectivity index (χ0v) is 8.69. The number of nitrogens with zero attached hydrogens (tertiary/aromatic N) is 2. The van der Waals surface area contributed by atoms with Crippen molar-refractivity contribution in [3.05, 3.63) is 0 Å². The Bertz CT molecular complexity index is 280. The number of likely N-dealkylation sites (tertiary alicyclic amines) is 2. The molecule has 0 aromatic carbocycles. The first-order valence-electron chi connectivity index (χ1n) is 5.46. The lowest BCUT2D eigenvalue weighted by atomic mass is 10.0. The Morgan fingerprint density at radius 1 is 1.33 bits per heavy atom. The maximum atomic E-state index is 11.5. The monoisotopic (exact) mass is 212 g/mol. The number of hydrogen-bond donors (Lipinski definition) is 1. The Balaban J connectivity index is 1.97. The minimum absolute atomic E-state index is 0.116. The van der Waals surface area contributed by atoms with Crippen LogP contribution in [0.1, 0.15) is 25.7 Å². The van der Waals surface area contributed by atoms with Crippen molar-refractivity contribution in [1.29, 1.82) is 0 Å². The first-order valence-corrected chi connectivity index (χ1v) is 5.46. The van der Waals surface area contributed by atoms with Crippen LogP contribution in [0.3, 0.4) is 0 Å². The summed E-state index contributed by atoms with van der Waals surface area (Å²) in [6.45, 7) is 1.89. The lowest BCUT2D eigenvalue weighted by molar-refractivity contribution is -0.130. The Morgan fingerprint density at radius 2 is 2.13 bits per heavy atom. The fourth-order valence-electron chi connectivity index (χ4n) is 2.44. The van der Waals surface area contributed by atoms with Crippen molar-refractivity contribution < 1.29 is 14.7 Å². The molecule has 2 rings (SSSR count). The third-order valence-electron chi connectivity index (χ3n) is 3.22. The molecule has 2 fully saturated rings. The van der Waals surface area contributed by atoms with E-state index in [0.29, 0.717) is 19.5 Å². The van der Waals surface area contributed by atoms with Crippen molar-refractivity contribution >= 4 is 12.0 Å². The van der Waals surface area contributed by atoms with Gasteiger partial charge < -0.3 is 14.9 Å². The summed E-state index contributed by atoms with van der Waals surface area (Å²) in [6.07, 6.45) is 2.48. The predicted molar refractivity (Wildman–Crippen MR) is 53.6 cm³/mol. The standard InChI is InChI=1S/C10H16N2O3/c13-9-4-2-6-12(9)8-3-1-5-11(7-8)10(14)15/h8H,1-7H2,(H,14,15)/t8-/m1/s1. The zero-order chi connectivity index (χ0) is 10.8. The van der Waals surface area contributed by atoms with Gasteiger partial charge in [-0.3, -0.25) is 4.79 Å². The molecule has 2 aliphatic rings. The van der Waals surface area contributed by atoms with Crippen LogP contribution in [-0.2, 0) is 4.79 Å². The van der Waals surface area contributed by atoms with E-state index in [2.05, 4.69) is 0 Å². The van der Waals surface area contributed by atoms with Crippen LogP contribution < -0.4 is 0 Å². The van der Waals surface area contributed by atoms with Crippen LogP contribution in [0.2, 0.25) is 0 Å². The lowest BCUT2D eigenvalue weighted by Gasteiger charge is -2.36. The van der Waals surface area contributed by atoms with Crippen molar-refractivity contribution in [2.75, 3.05) is 19.6 Å². The van der Waals surface area contributed by atoms with E-state index in [4.69, 9.17) is 5.11 Å². The molecule has 5 heteroatoms. The molecule has 1 N–H and O–H groups in total. The van der Waals surface area contributed by atoms with Crippen LogP contribution >= 0.6 is 0 Å². The summed E-state index contributed by atoms with van der Waals surface area (Å²) in [5.74, 6) is 0.187. The van der Waals surface area contributed by atoms with Gasteiger partial charge in [-0.15, -0.1) is 0 Å². The highest BCUT2D eigenvalue weighted by atomic mass is 16.4. The van der Waals surface area contributed by atoms with Gasteiger partial charge in [-0.25, -0.2) is 4.79 Å². The highest BCUT2D eigenvalue weighted by molar-refractivity contribution is 5.78. The van der Waals surface area contributed by atoms with Gasteiger partial charge in [-0.2, -0.15) is 0 Å². The van der Waals surface area contributed by atoms with E-state index in [-0.39, 0.29) is 11.9 Å². The van der Waals surface area contributed by atoms with E-state index >= 15 is 0 Å². The van der Waals surface area contributed by atoms with Crippen LogP contribution in [0.4, 0.5) is 4.79 Å². The second-order valence-corrected chi connectivity index (χ2v) is 4.22. The molecule has 2 saturated heterocycles. The Kier molecular flexibility index (Phi) is 2.79. The van der Waals surface area contributed by atoms with Crippen LogP contribution in [0, 0.1) is 0 Å². The van der Waals surface area contributed by atoms with Gasteiger partial charge in [0.1, 0.15) is 0 Å². The molecule has 0 radical (unpaired) electrons. The highest BCUT2D eigenvalue weighted by Gasteiger charge is 2.32. The highest BCUT2D eigenvalue weighted by Crippen LogP contribution is 2.21. The summed E-state index contributed by atoms with van der Waals surface area (Å²) >= 11 is 0. The normalized spacial score (nSPS) is 27.2. The van der Waals surface area contributed by atoms with Crippen molar-refractivity contribution in [2.45, 2.75) is 31.7 Å². The molecule has 0 spiro atoms. The van der Waals surface area contributed by atoms with Gasteiger partial charge in [0.2, 0.25) is 5.91 Å². The molecule has 0 aromatic rings. The number of carbonyl (C=O) groups excluding carboxylic acids is 1. The number of piperidine rings is 1. The van der Waals surface area contributed by atoms with Crippen LogP contribution in [0.15, 0.2) is 0 Å².